The van der Waals surface area contributed by atoms with E-state index in [0.29, 0.717) is 5.69 Å². The van der Waals surface area contributed by atoms with Crippen molar-refractivity contribution in [2.24, 2.45) is 0 Å². The number of carbonyl (C=O) groups is 1. The Balaban J connectivity index is 2.09. The van der Waals surface area contributed by atoms with Crippen molar-refractivity contribution in [3.8, 4) is 11.3 Å². The largest absolute Gasteiger partial charge is 0.332 e. The fourth-order valence-electron chi connectivity index (χ4n) is 3.96. The van der Waals surface area contributed by atoms with Crippen LogP contribution in [0.4, 0.5) is 0 Å². The van der Waals surface area contributed by atoms with Gasteiger partial charge in [-0.3, -0.25) is 14.8 Å². The molecule has 0 fully saturated rings. The topological polar surface area (TPSA) is 59.0 Å². The minimum absolute atomic E-state index is 0.0646. The number of carbonyl (C=O) groups excluding carboxylic acids is 1. The molecule has 5 heteroatoms. The standard InChI is InChI=1S/C24H24N4O/c1-15(2)28(16(3)4)24(29)23-21-19(11-13-26-23)18-9-5-6-10-20(18)27-22(21)17-8-7-12-25-14-17/h5-16H,1-4H3. The Morgan fingerprint density at radius 2 is 1.66 bits per heavy atom. The molecule has 3 heterocycles. The maximum Gasteiger partial charge on any atom is 0.273 e. The summed E-state index contributed by atoms with van der Waals surface area (Å²) in [5.41, 5.74) is 2.91. The second kappa shape index (κ2) is 7.59. The van der Waals surface area contributed by atoms with E-state index in [1.54, 1.807) is 18.6 Å². The summed E-state index contributed by atoms with van der Waals surface area (Å²) in [5, 5.41) is 2.75. The van der Waals surface area contributed by atoms with Crippen molar-refractivity contribution >= 4 is 27.6 Å². The molecule has 4 rings (SSSR count). The van der Waals surface area contributed by atoms with Gasteiger partial charge in [0.2, 0.25) is 0 Å². The number of pyridine rings is 3. The second-order valence-electron chi connectivity index (χ2n) is 7.70. The summed E-state index contributed by atoms with van der Waals surface area (Å²) in [5.74, 6) is -0.0807. The van der Waals surface area contributed by atoms with Crippen LogP contribution in [0.25, 0.3) is 32.9 Å². The quantitative estimate of drug-likeness (QED) is 0.459. The van der Waals surface area contributed by atoms with Crippen molar-refractivity contribution < 1.29 is 4.79 Å². The molecule has 4 aromatic rings. The third-order valence-electron chi connectivity index (χ3n) is 5.10. The highest BCUT2D eigenvalue weighted by molar-refractivity contribution is 6.17. The molecule has 1 aromatic carbocycles. The first-order valence-corrected chi connectivity index (χ1v) is 9.89. The Morgan fingerprint density at radius 3 is 2.34 bits per heavy atom. The summed E-state index contributed by atoms with van der Waals surface area (Å²) in [7, 11) is 0. The lowest BCUT2D eigenvalue weighted by Gasteiger charge is -2.31. The van der Waals surface area contributed by atoms with E-state index in [9.17, 15) is 4.79 Å². The molecule has 0 aliphatic carbocycles. The molecule has 0 bridgehead atoms. The zero-order valence-corrected chi connectivity index (χ0v) is 17.1. The lowest BCUT2D eigenvalue weighted by Crippen LogP contribution is -2.42. The minimum Gasteiger partial charge on any atom is -0.332 e. The van der Waals surface area contributed by atoms with Gasteiger partial charge in [-0.15, -0.1) is 0 Å². The fourth-order valence-corrected chi connectivity index (χ4v) is 3.96. The Labute approximate surface area is 170 Å². The lowest BCUT2D eigenvalue weighted by molar-refractivity contribution is 0.0640. The van der Waals surface area contributed by atoms with E-state index < -0.39 is 0 Å². The lowest BCUT2D eigenvalue weighted by atomic mass is 9.99. The van der Waals surface area contributed by atoms with Crippen molar-refractivity contribution in [1.82, 2.24) is 19.9 Å². The van der Waals surface area contributed by atoms with Crippen LogP contribution < -0.4 is 0 Å². The summed E-state index contributed by atoms with van der Waals surface area (Å²) < 4.78 is 0. The molecule has 29 heavy (non-hydrogen) atoms. The van der Waals surface area contributed by atoms with Crippen molar-refractivity contribution in [2.45, 2.75) is 39.8 Å². The maximum absolute atomic E-state index is 13.6. The predicted molar refractivity (Wildman–Crippen MR) is 117 cm³/mol. The van der Waals surface area contributed by atoms with E-state index in [0.717, 1.165) is 32.9 Å². The number of amides is 1. The van der Waals surface area contributed by atoms with Gasteiger partial charge in [0, 0.05) is 47.0 Å². The summed E-state index contributed by atoms with van der Waals surface area (Å²) in [6, 6.07) is 13.9. The van der Waals surface area contributed by atoms with Gasteiger partial charge in [0.05, 0.1) is 11.2 Å². The van der Waals surface area contributed by atoms with Gasteiger partial charge in [-0.25, -0.2) is 4.98 Å². The van der Waals surface area contributed by atoms with Crippen LogP contribution in [0.15, 0.2) is 61.1 Å². The van der Waals surface area contributed by atoms with Crippen molar-refractivity contribution in [3.63, 3.8) is 0 Å². The molecule has 5 nitrogen and oxygen atoms in total. The van der Waals surface area contributed by atoms with Crippen molar-refractivity contribution in [1.29, 1.82) is 0 Å². The molecule has 0 radical (unpaired) electrons. The van der Waals surface area contributed by atoms with E-state index in [4.69, 9.17) is 4.98 Å². The Hall–Kier alpha value is -3.34. The number of aromatic nitrogens is 3. The SMILES string of the molecule is CC(C)N(C(=O)c1nccc2c1c(-c1cccnc1)nc1ccccc12)C(C)C. The van der Waals surface area contributed by atoms with Gasteiger partial charge in [0.25, 0.3) is 5.91 Å². The zero-order valence-electron chi connectivity index (χ0n) is 17.1. The highest BCUT2D eigenvalue weighted by atomic mass is 16.2. The molecule has 0 unspecified atom stereocenters. The summed E-state index contributed by atoms with van der Waals surface area (Å²) in [4.78, 5) is 29.2. The Kier molecular flexibility index (Phi) is 4.97. The Morgan fingerprint density at radius 1 is 0.897 bits per heavy atom. The monoisotopic (exact) mass is 384 g/mol. The first-order chi connectivity index (χ1) is 14.0. The summed E-state index contributed by atoms with van der Waals surface area (Å²) in [6.45, 7) is 8.11. The first-order valence-electron chi connectivity index (χ1n) is 9.89. The van der Waals surface area contributed by atoms with Crippen LogP contribution in [-0.2, 0) is 0 Å². The molecule has 0 N–H and O–H groups in total. The van der Waals surface area contributed by atoms with E-state index in [-0.39, 0.29) is 18.0 Å². The summed E-state index contributed by atoms with van der Waals surface area (Å²) >= 11 is 0. The zero-order chi connectivity index (χ0) is 20.5. The van der Waals surface area contributed by atoms with E-state index >= 15 is 0 Å². The van der Waals surface area contributed by atoms with Crippen molar-refractivity contribution in [3.05, 3.63) is 66.7 Å². The molecule has 0 saturated carbocycles. The molecule has 0 spiro atoms. The number of nitrogens with zero attached hydrogens (tertiary/aromatic N) is 4. The molecule has 146 valence electrons. The van der Waals surface area contributed by atoms with Gasteiger partial charge in [-0.05, 0) is 57.3 Å². The number of hydrogen-bond acceptors (Lipinski definition) is 4. The minimum atomic E-state index is -0.0807. The summed E-state index contributed by atoms with van der Waals surface area (Å²) in [6.07, 6.45) is 5.23. The number of para-hydroxylation sites is 1. The average Bonchev–Trinajstić information content (AvgIpc) is 2.72. The van der Waals surface area contributed by atoms with Gasteiger partial charge in [0.1, 0.15) is 5.69 Å². The van der Waals surface area contributed by atoms with E-state index in [1.807, 2.05) is 75.1 Å². The first kappa shape index (κ1) is 19.0. The number of hydrogen-bond donors (Lipinski definition) is 0. The molecular weight excluding hydrogens is 360 g/mol. The highest BCUT2D eigenvalue weighted by Gasteiger charge is 2.26. The normalized spacial score (nSPS) is 11.5. The van der Waals surface area contributed by atoms with Crippen LogP contribution in [0.2, 0.25) is 0 Å². The molecule has 1 amide bonds. The Bertz CT molecular complexity index is 1180. The molecular formula is C24H24N4O. The molecule has 0 aliphatic rings. The predicted octanol–water partition coefficient (Wildman–Crippen LogP) is 5.10. The van der Waals surface area contributed by atoms with Crippen LogP contribution in [0, 0.1) is 0 Å². The van der Waals surface area contributed by atoms with E-state index in [1.165, 1.54) is 0 Å². The van der Waals surface area contributed by atoms with E-state index in [2.05, 4.69) is 9.97 Å². The van der Waals surface area contributed by atoms with Crippen molar-refractivity contribution in [2.75, 3.05) is 0 Å². The van der Waals surface area contributed by atoms with Crippen LogP contribution in [-0.4, -0.2) is 37.8 Å². The smallest absolute Gasteiger partial charge is 0.273 e. The van der Waals surface area contributed by atoms with Gasteiger partial charge >= 0.3 is 0 Å². The molecule has 3 aromatic heterocycles. The molecule has 0 atom stereocenters. The molecule has 0 aliphatic heterocycles. The van der Waals surface area contributed by atoms with Gasteiger partial charge in [-0.1, -0.05) is 18.2 Å². The van der Waals surface area contributed by atoms with Gasteiger partial charge < -0.3 is 4.90 Å². The third-order valence-corrected chi connectivity index (χ3v) is 5.10. The molecule has 0 saturated heterocycles. The number of fused-ring (bicyclic) bond motifs is 3. The maximum atomic E-state index is 13.6. The third kappa shape index (κ3) is 3.33. The number of rotatable bonds is 4. The highest BCUT2D eigenvalue weighted by Crippen LogP contribution is 2.34. The fraction of sp³-hybridized carbons (Fsp3) is 0.250. The van der Waals surface area contributed by atoms with Crippen LogP contribution >= 0.6 is 0 Å². The number of benzene rings is 1. The van der Waals surface area contributed by atoms with Crippen LogP contribution in [0.1, 0.15) is 38.2 Å². The van der Waals surface area contributed by atoms with Crippen LogP contribution in [0.3, 0.4) is 0 Å². The van der Waals surface area contributed by atoms with Gasteiger partial charge in [0.15, 0.2) is 0 Å². The van der Waals surface area contributed by atoms with Gasteiger partial charge in [-0.2, -0.15) is 0 Å². The van der Waals surface area contributed by atoms with Crippen LogP contribution in [0.5, 0.6) is 0 Å². The second-order valence-corrected chi connectivity index (χ2v) is 7.70. The average molecular weight is 384 g/mol.